The molecular weight excluding hydrogens is 382 g/mol. The van der Waals surface area contributed by atoms with Crippen LogP contribution >= 0.6 is 0 Å². The second-order valence-corrected chi connectivity index (χ2v) is 7.05. The zero-order chi connectivity index (χ0) is 20.4. The van der Waals surface area contributed by atoms with Crippen LogP contribution in [-0.4, -0.2) is 50.6 Å². The maximum absolute atomic E-state index is 12.3. The lowest BCUT2D eigenvalue weighted by molar-refractivity contribution is -0.389. The number of likely N-dealkylation sites (tertiary alicyclic amines) is 1. The first-order chi connectivity index (χ1) is 14.0. The third-order valence-corrected chi connectivity index (χ3v) is 5.16. The number of nitrogens with zero attached hydrogens (tertiary/aromatic N) is 4. The predicted molar refractivity (Wildman–Crippen MR) is 99.4 cm³/mol. The van der Waals surface area contributed by atoms with Gasteiger partial charge in [-0.15, -0.1) is 0 Å². The summed E-state index contributed by atoms with van der Waals surface area (Å²) < 4.78 is 12.9. The largest absolute Gasteiger partial charge is 0.445 e. The maximum Gasteiger partial charge on any atom is 0.415 e. The lowest BCUT2D eigenvalue weighted by Crippen LogP contribution is -2.49. The molecule has 2 aromatic rings. The summed E-state index contributed by atoms with van der Waals surface area (Å²) in [6.07, 6.45) is 2.75. The van der Waals surface area contributed by atoms with Crippen LogP contribution in [0.25, 0.3) is 0 Å². The van der Waals surface area contributed by atoms with Crippen molar-refractivity contribution in [2.45, 2.75) is 31.6 Å². The number of nitro groups is 1. The Hall–Kier alpha value is -3.63. The van der Waals surface area contributed by atoms with E-state index in [4.69, 9.17) is 9.47 Å². The Morgan fingerprint density at radius 3 is 2.69 bits per heavy atom. The molecule has 2 amide bonds. The summed E-state index contributed by atoms with van der Waals surface area (Å²) in [7, 11) is 0. The first kappa shape index (κ1) is 18.7. The second-order valence-electron chi connectivity index (χ2n) is 7.05. The van der Waals surface area contributed by atoms with Crippen LogP contribution in [-0.2, 0) is 22.7 Å². The summed E-state index contributed by atoms with van der Waals surface area (Å²) in [4.78, 5) is 38.5. The van der Waals surface area contributed by atoms with E-state index in [9.17, 15) is 19.7 Å². The van der Waals surface area contributed by atoms with E-state index in [0.717, 1.165) is 5.56 Å². The van der Waals surface area contributed by atoms with Crippen LogP contribution < -0.4 is 10.1 Å². The number of imidazole rings is 1. The molecule has 0 saturated carbocycles. The molecule has 2 aliphatic rings. The third kappa shape index (κ3) is 3.84. The van der Waals surface area contributed by atoms with Gasteiger partial charge < -0.3 is 29.8 Å². The van der Waals surface area contributed by atoms with E-state index in [1.54, 1.807) is 33.7 Å². The van der Waals surface area contributed by atoms with Gasteiger partial charge in [0.1, 0.15) is 18.4 Å². The Morgan fingerprint density at radius 2 is 2.07 bits per heavy atom. The molecule has 0 atom stereocenters. The zero-order valence-corrected chi connectivity index (χ0v) is 15.4. The van der Waals surface area contributed by atoms with Gasteiger partial charge >= 0.3 is 17.9 Å². The van der Waals surface area contributed by atoms with E-state index in [2.05, 4.69) is 10.3 Å². The lowest BCUT2D eigenvalue weighted by atomic mass is 9.91. The van der Waals surface area contributed by atoms with Crippen LogP contribution in [0.2, 0.25) is 0 Å². The second kappa shape index (κ2) is 7.41. The number of nitrogens with one attached hydrogen (secondary N) is 1. The van der Waals surface area contributed by atoms with Gasteiger partial charge in [0.15, 0.2) is 0 Å². The van der Waals surface area contributed by atoms with E-state index in [1.807, 2.05) is 0 Å². The lowest BCUT2D eigenvalue weighted by Gasteiger charge is -2.36. The van der Waals surface area contributed by atoms with Crippen molar-refractivity contribution in [3.05, 3.63) is 46.1 Å². The number of benzene rings is 1. The number of hydrogen-bond acceptors (Lipinski definition) is 7. The molecule has 11 nitrogen and oxygen atoms in total. The topological polar surface area (TPSA) is 129 Å². The average molecular weight is 401 g/mol. The quantitative estimate of drug-likeness (QED) is 0.460. The summed E-state index contributed by atoms with van der Waals surface area (Å²) in [5, 5.41) is 13.3. The average Bonchev–Trinajstić information content (AvgIpc) is 3.24. The number of anilines is 1. The van der Waals surface area contributed by atoms with Crippen molar-refractivity contribution < 1.29 is 24.0 Å². The Labute approximate surface area is 165 Å². The van der Waals surface area contributed by atoms with Crippen LogP contribution in [0.4, 0.5) is 16.3 Å². The summed E-state index contributed by atoms with van der Waals surface area (Å²) in [6, 6.07) is 7.26. The van der Waals surface area contributed by atoms with E-state index in [-0.39, 0.29) is 18.4 Å². The molecule has 1 fully saturated rings. The molecule has 11 heteroatoms. The number of amides is 2. The standard InChI is InChI=1S/C18H19N5O6/c24-12-19-14-3-1-13(2-4-14)10-28-17(25)21-7-5-18(6-8-21)11-22-9-15(23(26)27)20-16(22)29-18/h1-4,9,12H,5-8,10-11H2,(H,19,24). The molecule has 1 saturated heterocycles. The fourth-order valence-electron chi connectivity index (χ4n) is 3.56. The molecule has 1 aromatic carbocycles. The molecule has 2 aliphatic heterocycles. The monoisotopic (exact) mass is 401 g/mol. The van der Waals surface area contributed by atoms with Crippen LogP contribution in [0, 0.1) is 10.1 Å². The summed E-state index contributed by atoms with van der Waals surface area (Å²) >= 11 is 0. The van der Waals surface area contributed by atoms with Crippen LogP contribution in [0.1, 0.15) is 18.4 Å². The maximum atomic E-state index is 12.3. The van der Waals surface area contributed by atoms with Crippen molar-refractivity contribution in [2.75, 3.05) is 18.4 Å². The van der Waals surface area contributed by atoms with Gasteiger partial charge in [0, 0.05) is 36.6 Å². The van der Waals surface area contributed by atoms with Crippen molar-refractivity contribution in [3.8, 4) is 6.01 Å². The van der Waals surface area contributed by atoms with Crippen LogP contribution in [0.3, 0.4) is 0 Å². The summed E-state index contributed by atoms with van der Waals surface area (Å²) in [6.45, 7) is 1.55. The highest BCUT2D eigenvalue weighted by Crippen LogP contribution is 2.37. The SMILES string of the molecule is O=CNc1ccc(COC(=O)N2CCC3(CC2)Cn2cc([N+](=O)[O-])nc2O3)cc1. The Morgan fingerprint density at radius 1 is 1.34 bits per heavy atom. The van der Waals surface area contributed by atoms with Gasteiger partial charge in [-0.25, -0.2) is 4.79 Å². The summed E-state index contributed by atoms with van der Waals surface area (Å²) in [5.74, 6) is -0.231. The van der Waals surface area contributed by atoms with Gasteiger partial charge in [-0.05, 0) is 22.6 Å². The molecule has 29 heavy (non-hydrogen) atoms. The Bertz CT molecular complexity index is 907. The smallest absolute Gasteiger partial charge is 0.415 e. The number of carbonyl (C=O) groups is 2. The Balaban J connectivity index is 1.27. The minimum Gasteiger partial charge on any atom is -0.445 e. The van der Waals surface area contributed by atoms with Crippen LogP contribution in [0.5, 0.6) is 6.01 Å². The minimum atomic E-state index is -0.549. The number of aromatic nitrogens is 2. The number of ether oxygens (including phenoxy) is 2. The van der Waals surface area contributed by atoms with E-state index >= 15 is 0 Å². The minimum absolute atomic E-state index is 0.136. The molecule has 1 N–H and O–H groups in total. The highest BCUT2D eigenvalue weighted by molar-refractivity contribution is 5.71. The number of carbonyl (C=O) groups excluding carboxylic acids is 2. The molecule has 4 rings (SSSR count). The van der Waals surface area contributed by atoms with Crippen molar-refractivity contribution in [3.63, 3.8) is 0 Å². The molecule has 0 unspecified atom stereocenters. The molecule has 1 aromatic heterocycles. The normalized spacial score (nSPS) is 16.8. The number of hydrogen-bond donors (Lipinski definition) is 1. The van der Waals surface area contributed by atoms with Gasteiger partial charge in [-0.1, -0.05) is 12.1 Å². The number of piperidine rings is 1. The highest BCUT2D eigenvalue weighted by Gasteiger charge is 2.46. The van der Waals surface area contributed by atoms with Crippen LogP contribution in [0.15, 0.2) is 30.5 Å². The molecule has 0 radical (unpaired) electrons. The zero-order valence-electron chi connectivity index (χ0n) is 15.4. The van der Waals surface area contributed by atoms with E-state index in [0.29, 0.717) is 44.6 Å². The number of rotatable bonds is 5. The molecule has 1 spiro atoms. The van der Waals surface area contributed by atoms with E-state index in [1.165, 1.54) is 6.20 Å². The fraction of sp³-hybridized carbons (Fsp3) is 0.389. The fourth-order valence-corrected chi connectivity index (χ4v) is 3.56. The van der Waals surface area contributed by atoms with Crippen molar-refractivity contribution in [1.82, 2.24) is 14.5 Å². The predicted octanol–water partition coefficient (Wildman–Crippen LogP) is 1.92. The third-order valence-electron chi connectivity index (χ3n) is 5.16. The van der Waals surface area contributed by atoms with Crippen molar-refractivity contribution >= 4 is 24.0 Å². The molecule has 3 heterocycles. The van der Waals surface area contributed by atoms with Gasteiger partial charge in [-0.2, -0.15) is 0 Å². The highest BCUT2D eigenvalue weighted by atomic mass is 16.6. The molecule has 0 aliphatic carbocycles. The van der Waals surface area contributed by atoms with Gasteiger partial charge in [0.25, 0.3) is 0 Å². The molecular formula is C18H19N5O6. The molecule has 0 bridgehead atoms. The van der Waals surface area contributed by atoms with Gasteiger partial charge in [0.2, 0.25) is 6.41 Å². The van der Waals surface area contributed by atoms with Gasteiger partial charge in [-0.3, -0.25) is 9.36 Å². The first-order valence-electron chi connectivity index (χ1n) is 9.09. The van der Waals surface area contributed by atoms with Crippen molar-refractivity contribution in [2.24, 2.45) is 0 Å². The Kier molecular flexibility index (Phi) is 4.79. The van der Waals surface area contributed by atoms with Gasteiger partial charge in [0.05, 0.1) is 6.54 Å². The van der Waals surface area contributed by atoms with Crippen molar-refractivity contribution in [1.29, 1.82) is 0 Å². The number of fused-ring (bicyclic) bond motifs is 1. The van der Waals surface area contributed by atoms with E-state index < -0.39 is 16.6 Å². The molecule has 152 valence electrons. The first-order valence-corrected chi connectivity index (χ1v) is 9.09. The summed E-state index contributed by atoms with van der Waals surface area (Å²) in [5.41, 5.74) is 0.989.